The predicted octanol–water partition coefficient (Wildman–Crippen LogP) is 5.80. The van der Waals surface area contributed by atoms with E-state index >= 15 is 0 Å². The van der Waals surface area contributed by atoms with E-state index in [4.69, 9.17) is 9.47 Å². The summed E-state index contributed by atoms with van der Waals surface area (Å²) in [4.78, 5) is 17.6. The molecule has 2 fully saturated rings. The van der Waals surface area contributed by atoms with Crippen molar-refractivity contribution in [2.75, 3.05) is 52.5 Å². The summed E-state index contributed by atoms with van der Waals surface area (Å²) in [7, 11) is 0. The van der Waals surface area contributed by atoms with Gasteiger partial charge >= 0.3 is 0 Å². The number of likely N-dealkylation sites (tertiary alicyclic amines) is 2. The van der Waals surface area contributed by atoms with Crippen molar-refractivity contribution in [3.05, 3.63) is 59.7 Å². The van der Waals surface area contributed by atoms with Crippen LogP contribution in [0.5, 0.6) is 17.2 Å². The average molecular weight is 507 g/mol. The molecule has 0 unspecified atom stereocenters. The van der Waals surface area contributed by atoms with Crippen molar-refractivity contribution in [1.82, 2.24) is 9.80 Å². The van der Waals surface area contributed by atoms with Crippen LogP contribution in [0.3, 0.4) is 0 Å². The van der Waals surface area contributed by atoms with Crippen LogP contribution in [0.25, 0.3) is 6.08 Å². The van der Waals surface area contributed by atoms with Gasteiger partial charge in [0.05, 0.1) is 18.8 Å². The van der Waals surface area contributed by atoms with Crippen LogP contribution in [0.15, 0.2) is 48.5 Å². The van der Waals surface area contributed by atoms with Gasteiger partial charge in [-0.05, 0) is 101 Å². The number of piperidine rings is 2. The molecular weight excluding hydrogens is 464 g/mol. The Balaban J connectivity index is 1.17. The molecule has 2 aliphatic heterocycles. The quantitative estimate of drug-likeness (QED) is 0.211. The second kappa shape index (κ2) is 14.8. The number of rotatable bonds is 13. The van der Waals surface area contributed by atoms with Gasteiger partial charge in [0.2, 0.25) is 0 Å². The van der Waals surface area contributed by atoms with Crippen LogP contribution >= 0.6 is 0 Å². The number of benzene rings is 2. The molecule has 0 aromatic heterocycles. The van der Waals surface area contributed by atoms with E-state index in [0.717, 1.165) is 37.2 Å². The van der Waals surface area contributed by atoms with Gasteiger partial charge in [-0.1, -0.05) is 31.1 Å². The number of aromatic hydroxyl groups is 1. The third kappa shape index (κ3) is 9.20. The molecule has 0 saturated carbocycles. The topological polar surface area (TPSA) is 62.2 Å². The summed E-state index contributed by atoms with van der Waals surface area (Å²) >= 11 is 0. The zero-order valence-electron chi connectivity index (χ0n) is 22.1. The smallest absolute Gasteiger partial charge is 0.189 e. The fourth-order valence-electron chi connectivity index (χ4n) is 5.07. The molecular formula is C31H42N2O4. The maximum absolute atomic E-state index is 12.6. The first-order valence-corrected chi connectivity index (χ1v) is 14.0. The number of phenols is 1. The minimum Gasteiger partial charge on any atom is -0.507 e. The fourth-order valence-corrected chi connectivity index (χ4v) is 5.07. The highest BCUT2D eigenvalue weighted by atomic mass is 16.5. The van der Waals surface area contributed by atoms with E-state index < -0.39 is 0 Å². The number of ketones is 1. The molecule has 4 rings (SSSR count). The second-order valence-electron chi connectivity index (χ2n) is 10.2. The van der Waals surface area contributed by atoms with Crippen molar-refractivity contribution in [2.45, 2.75) is 51.4 Å². The lowest BCUT2D eigenvalue weighted by atomic mass is 10.1. The summed E-state index contributed by atoms with van der Waals surface area (Å²) in [5.74, 6) is 1.12. The number of carbonyl (C=O) groups excluding carboxylic acids is 1. The summed E-state index contributed by atoms with van der Waals surface area (Å²) in [6.07, 6.45) is 13.1. The highest BCUT2D eigenvalue weighted by molar-refractivity contribution is 6.08. The number of phenolic OH excluding ortho intramolecular Hbond substituents is 1. The first kappa shape index (κ1) is 27.2. The van der Waals surface area contributed by atoms with Gasteiger partial charge in [0.1, 0.15) is 17.2 Å². The summed E-state index contributed by atoms with van der Waals surface area (Å²) in [5, 5.41) is 10.4. The van der Waals surface area contributed by atoms with Gasteiger partial charge in [0.25, 0.3) is 0 Å². The summed E-state index contributed by atoms with van der Waals surface area (Å²) in [6.45, 7) is 8.25. The van der Waals surface area contributed by atoms with Crippen LogP contribution in [0, 0.1) is 0 Å². The van der Waals surface area contributed by atoms with Crippen molar-refractivity contribution >= 4 is 11.9 Å². The maximum atomic E-state index is 12.6. The van der Waals surface area contributed by atoms with Gasteiger partial charge in [0, 0.05) is 19.2 Å². The molecule has 2 aliphatic rings. The fraction of sp³-hybridized carbons (Fsp3) is 0.516. The molecule has 0 amide bonds. The maximum Gasteiger partial charge on any atom is 0.189 e. The molecule has 6 nitrogen and oxygen atoms in total. The first-order chi connectivity index (χ1) is 18.2. The number of nitrogens with zero attached hydrogens (tertiary/aromatic N) is 2. The molecule has 2 saturated heterocycles. The van der Waals surface area contributed by atoms with E-state index in [9.17, 15) is 9.90 Å². The van der Waals surface area contributed by atoms with E-state index in [-0.39, 0.29) is 17.1 Å². The molecule has 0 bridgehead atoms. The van der Waals surface area contributed by atoms with Crippen molar-refractivity contribution < 1.29 is 19.4 Å². The highest BCUT2D eigenvalue weighted by Crippen LogP contribution is 2.25. The van der Waals surface area contributed by atoms with Crippen LogP contribution in [-0.4, -0.2) is 73.2 Å². The molecule has 200 valence electrons. The molecule has 0 aliphatic carbocycles. The van der Waals surface area contributed by atoms with Crippen molar-refractivity contribution in [1.29, 1.82) is 0 Å². The predicted molar refractivity (Wildman–Crippen MR) is 149 cm³/mol. The number of carbonyl (C=O) groups is 1. The van der Waals surface area contributed by atoms with Crippen LogP contribution in [0.1, 0.15) is 67.3 Å². The molecule has 37 heavy (non-hydrogen) atoms. The van der Waals surface area contributed by atoms with Crippen LogP contribution in [0.4, 0.5) is 0 Å². The van der Waals surface area contributed by atoms with Crippen LogP contribution in [0.2, 0.25) is 0 Å². The number of hydrogen-bond acceptors (Lipinski definition) is 6. The Hall–Kier alpha value is -2.83. The Morgan fingerprint density at radius 2 is 1.30 bits per heavy atom. The van der Waals surface area contributed by atoms with Gasteiger partial charge in [-0.15, -0.1) is 0 Å². The SMILES string of the molecule is O=C(/C=C/c1ccc(OCCCN2CCCCC2)cc1)c1ccc(OCCCN2CCCCC2)cc1O. The van der Waals surface area contributed by atoms with Crippen molar-refractivity contribution in [3.63, 3.8) is 0 Å². The molecule has 2 heterocycles. The van der Waals surface area contributed by atoms with Gasteiger partial charge in [-0.25, -0.2) is 0 Å². The monoisotopic (exact) mass is 506 g/mol. The standard InChI is InChI=1S/C31H42N2O4/c34-30(29-15-14-28(25-31(29)35)37-24-8-22-33-19-5-2-6-20-33)16-11-26-9-12-27(13-10-26)36-23-7-21-32-17-3-1-4-18-32/h9-16,25,35H,1-8,17-24H2/b16-11+. The summed E-state index contributed by atoms with van der Waals surface area (Å²) in [6, 6.07) is 12.6. The largest absolute Gasteiger partial charge is 0.507 e. The van der Waals surface area contributed by atoms with E-state index in [0.29, 0.717) is 19.0 Å². The molecule has 6 heteroatoms. The van der Waals surface area contributed by atoms with Crippen molar-refractivity contribution in [3.8, 4) is 17.2 Å². The normalized spacial score (nSPS) is 17.2. The molecule has 0 atom stereocenters. The lowest BCUT2D eigenvalue weighted by Gasteiger charge is -2.26. The molecule has 2 aromatic carbocycles. The van der Waals surface area contributed by atoms with Gasteiger partial charge in [0.15, 0.2) is 5.78 Å². The third-order valence-corrected chi connectivity index (χ3v) is 7.21. The lowest BCUT2D eigenvalue weighted by molar-refractivity contribution is 0.104. The van der Waals surface area contributed by atoms with E-state index in [2.05, 4.69) is 9.80 Å². The Bertz CT molecular complexity index is 993. The summed E-state index contributed by atoms with van der Waals surface area (Å²) < 4.78 is 11.7. The zero-order chi connectivity index (χ0) is 25.7. The van der Waals surface area contributed by atoms with Crippen LogP contribution in [-0.2, 0) is 0 Å². The lowest BCUT2D eigenvalue weighted by Crippen LogP contribution is -2.31. The van der Waals surface area contributed by atoms with Gasteiger partial charge in [-0.3, -0.25) is 4.79 Å². The number of hydrogen-bond donors (Lipinski definition) is 1. The van der Waals surface area contributed by atoms with Gasteiger partial charge in [-0.2, -0.15) is 0 Å². The molecule has 2 aromatic rings. The minimum atomic E-state index is -0.243. The molecule has 0 spiro atoms. The Kier molecular flexibility index (Phi) is 10.9. The van der Waals surface area contributed by atoms with Crippen LogP contribution < -0.4 is 9.47 Å². The van der Waals surface area contributed by atoms with Crippen molar-refractivity contribution in [2.24, 2.45) is 0 Å². The Labute approximate surface area is 221 Å². The Morgan fingerprint density at radius 1 is 0.757 bits per heavy atom. The van der Waals surface area contributed by atoms with E-state index in [1.54, 1.807) is 18.2 Å². The van der Waals surface area contributed by atoms with Gasteiger partial charge < -0.3 is 24.4 Å². The number of allylic oxidation sites excluding steroid dienone is 1. The van der Waals surface area contributed by atoms with E-state index in [1.807, 2.05) is 24.3 Å². The second-order valence-corrected chi connectivity index (χ2v) is 10.2. The first-order valence-electron chi connectivity index (χ1n) is 14.0. The zero-order valence-corrected chi connectivity index (χ0v) is 22.1. The number of ether oxygens (including phenoxy) is 2. The third-order valence-electron chi connectivity index (χ3n) is 7.21. The average Bonchev–Trinajstić information content (AvgIpc) is 2.94. The highest BCUT2D eigenvalue weighted by Gasteiger charge is 2.12. The van der Waals surface area contributed by atoms with E-state index in [1.165, 1.54) is 76.8 Å². The molecule has 1 N–H and O–H groups in total. The minimum absolute atomic E-state index is 0.0588. The summed E-state index contributed by atoms with van der Waals surface area (Å²) in [5.41, 5.74) is 1.17. The molecule has 0 radical (unpaired) electrons. The Morgan fingerprint density at radius 3 is 1.86 bits per heavy atom.